The first-order valence-corrected chi connectivity index (χ1v) is 3.71. The van der Waals surface area contributed by atoms with Crippen LogP contribution in [0.15, 0.2) is 24.3 Å². The maximum absolute atomic E-state index is 9.25. The van der Waals surface area contributed by atoms with Gasteiger partial charge in [-0.3, -0.25) is 0 Å². The molecule has 0 fully saturated rings. The van der Waals surface area contributed by atoms with Gasteiger partial charge in [-0.15, -0.1) is 0 Å². The summed E-state index contributed by atoms with van der Waals surface area (Å²) in [6.07, 6.45) is 3.01. The summed E-state index contributed by atoms with van der Waals surface area (Å²) in [5, 5.41) is 17.5. The standard InChI is InChI=1S/C10H9NO2/c1-13-10-7-8(3-2-6-11)4-5-9(10)12/h2-5,7,12H,1H3/b3-2-. The molecule has 0 amide bonds. The molecule has 0 aromatic heterocycles. The van der Waals surface area contributed by atoms with Crippen LogP contribution in [-0.4, -0.2) is 12.2 Å². The predicted octanol–water partition coefficient (Wildman–Crippen LogP) is 1.94. The van der Waals surface area contributed by atoms with Crippen molar-refractivity contribution in [2.24, 2.45) is 0 Å². The van der Waals surface area contributed by atoms with Gasteiger partial charge in [-0.05, 0) is 23.8 Å². The van der Waals surface area contributed by atoms with Gasteiger partial charge in [0.15, 0.2) is 11.5 Å². The molecule has 0 unspecified atom stereocenters. The molecular formula is C10H9NO2. The molecule has 13 heavy (non-hydrogen) atoms. The molecule has 3 nitrogen and oxygen atoms in total. The van der Waals surface area contributed by atoms with E-state index in [1.807, 2.05) is 6.07 Å². The highest BCUT2D eigenvalue weighted by Crippen LogP contribution is 2.26. The SMILES string of the molecule is COc1cc(/C=C\C#N)ccc1O. The number of benzene rings is 1. The zero-order chi connectivity index (χ0) is 9.68. The van der Waals surface area contributed by atoms with Crippen LogP contribution in [-0.2, 0) is 0 Å². The van der Waals surface area contributed by atoms with E-state index in [0.717, 1.165) is 5.56 Å². The molecule has 0 spiro atoms. The lowest BCUT2D eigenvalue weighted by atomic mass is 10.2. The number of rotatable bonds is 2. The van der Waals surface area contributed by atoms with E-state index in [-0.39, 0.29) is 5.75 Å². The van der Waals surface area contributed by atoms with Crippen LogP contribution in [0.5, 0.6) is 11.5 Å². The summed E-state index contributed by atoms with van der Waals surface area (Å²) in [6.45, 7) is 0. The molecule has 1 N–H and O–H groups in total. The number of nitriles is 1. The Morgan fingerprint density at radius 3 is 2.92 bits per heavy atom. The van der Waals surface area contributed by atoms with Crippen molar-refractivity contribution >= 4 is 6.08 Å². The summed E-state index contributed by atoms with van der Waals surface area (Å²) in [5.74, 6) is 0.497. The van der Waals surface area contributed by atoms with Gasteiger partial charge in [0.25, 0.3) is 0 Å². The van der Waals surface area contributed by atoms with Crippen LogP contribution in [0.2, 0.25) is 0 Å². The summed E-state index contributed by atoms with van der Waals surface area (Å²) >= 11 is 0. The number of hydrogen-bond donors (Lipinski definition) is 1. The van der Waals surface area contributed by atoms with Gasteiger partial charge in [0.2, 0.25) is 0 Å². The third kappa shape index (κ3) is 2.24. The Morgan fingerprint density at radius 1 is 1.54 bits per heavy atom. The molecule has 0 aliphatic heterocycles. The Bertz CT molecular complexity index is 364. The zero-order valence-corrected chi connectivity index (χ0v) is 7.19. The summed E-state index contributed by atoms with van der Waals surface area (Å²) in [4.78, 5) is 0. The maximum Gasteiger partial charge on any atom is 0.161 e. The average Bonchev–Trinajstić information content (AvgIpc) is 2.16. The first-order valence-electron chi connectivity index (χ1n) is 3.71. The number of phenols is 1. The minimum absolute atomic E-state index is 0.0941. The van der Waals surface area contributed by atoms with E-state index in [1.165, 1.54) is 19.3 Å². The van der Waals surface area contributed by atoms with Crippen LogP contribution in [0, 0.1) is 11.3 Å². The third-order valence-corrected chi connectivity index (χ3v) is 1.55. The second kappa shape index (κ2) is 4.17. The molecule has 0 bridgehead atoms. The van der Waals surface area contributed by atoms with Crippen LogP contribution in [0.1, 0.15) is 5.56 Å². The highest BCUT2D eigenvalue weighted by atomic mass is 16.5. The predicted molar refractivity (Wildman–Crippen MR) is 49.3 cm³/mol. The molecule has 0 radical (unpaired) electrons. The Balaban J connectivity index is 3.01. The quantitative estimate of drug-likeness (QED) is 0.699. The van der Waals surface area contributed by atoms with Crippen LogP contribution >= 0.6 is 0 Å². The number of ether oxygens (including phenoxy) is 1. The van der Waals surface area contributed by atoms with Gasteiger partial charge in [0, 0.05) is 6.08 Å². The zero-order valence-electron chi connectivity index (χ0n) is 7.19. The van der Waals surface area contributed by atoms with Crippen LogP contribution in [0.4, 0.5) is 0 Å². The van der Waals surface area contributed by atoms with E-state index < -0.39 is 0 Å². The smallest absolute Gasteiger partial charge is 0.161 e. The monoisotopic (exact) mass is 175 g/mol. The average molecular weight is 175 g/mol. The number of nitrogens with zero attached hydrogens (tertiary/aromatic N) is 1. The van der Waals surface area contributed by atoms with E-state index >= 15 is 0 Å². The molecular weight excluding hydrogens is 166 g/mol. The molecule has 1 aromatic rings. The van der Waals surface area contributed by atoms with E-state index in [2.05, 4.69) is 0 Å². The van der Waals surface area contributed by atoms with E-state index in [9.17, 15) is 5.11 Å². The van der Waals surface area contributed by atoms with E-state index in [4.69, 9.17) is 10.00 Å². The first-order chi connectivity index (χ1) is 6.27. The van der Waals surface area contributed by atoms with Gasteiger partial charge < -0.3 is 9.84 Å². The van der Waals surface area contributed by atoms with Gasteiger partial charge in [-0.2, -0.15) is 5.26 Å². The molecule has 0 aliphatic rings. The molecule has 0 aliphatic carbocycles. The Morgan fingerprint density at radius 2 is 2.31 bits per heavy atom. The van der Waals surface area contributed by atoms with E-state index in [0.29, 0.717) is 5.75 Å². The number of aromatic hydroxyl groups is 1. The van der Waals surface area contributed by atoms with Crippen molar-refractivity contribution in [1.29, 1.82) is 5.26 Å². The number of phenolic OH excluding ortho intramolecular Hbond substituents is 1. The highest BCUT2D eigenvalue weighted by molar-refractivity contribution is 5.56. The second-order valence-corrected chi connectivity index (χ2v) is 2.39. The minimum atomic E-state index is 0.0941. The highest BCUT2D eigenvalue weighted by Gasteiger charge is 1.99. The summed E-state index contributed by atoms with van der Waals surface area (Å²) in [6, 6.07) is 6.76. The van der Waals surface area contributed by atoms with Crippen LogP contribution in [0.25, 0.3) is 6.08 Å². The lowest BCUT2D eigenvalue weighted by Gasteiger charge is -2.02. The number of hydrogen-bond acceptors (Lipinski definition) is 3. The van der Waals surface area contributed by atoms with Crippen LogP contribution < -0.4 is 4.74 Å². The van der Waals surface area contributed by atoms with Gasteiger partial charge in [0.05, 0.1) is 13.2 Å². The molecule has 0 heterocycles. The first kappa shape index (κ1) is 9.14. The molecule has 0 atom stereocenters. The molecule has 1 aromatic carbocycles. The Kier molecular flexibility index (Phi) is 2.93. The molecule has 0 saturated heterocycles. The van der Waals surface area contributed by atoms with Crippen LogP contribution in [0.3, 0.4) is 0 Å². The fourth-order valence-electron chi connectivity index (χ4n) is 0.931. The maximum atomic E-state index is 9.25. The van der Waals surface area contributed by atoms with Crippen molar-refractivity contribution in [2.45, 2.75) is 0 Å². The van der Waals surface area contributed by atoms with Crippen molar-refractivity contribution in [2.75, 3.05) is 7.11 Å². The Labute approximate surface area is 76.5 Å². The molecule has 0 saturated carbocycles. The minimum Gasteiger partial charge on any atom is -0.504 e. The fourth-order valence-corrected chi connectivity index (χ4v) is 0.931. The van der Waals surface area contributed by atoms with E-state index in [1.54, 1.807) is 18.2 Å². The van der Waals surface area contributed by atoms with Gasteiger partial charge >= 0.3 is 0 Å². The van der Waals surface area contributed by atoms with Crippen molar-refractivity contribution < 1.29 is 9.84 Å². The number of methoxy groups -OCH3 is 1. The van der Waals surface area contributed by atoms with Gasteiger partial charge in [-0.1, -0.05) is 6.07 Å². The lowest BCUT2D eigenvalue weighted by molar-refractivity contribution is 0.373. The topological polar surface area (TPSA) is 53.2 Å². The molecule has 3 heteroatoms. The summed E-state index contributed by atoms with van der Waals surface area (Å²) < 4.78 is 4.90. The summed E-state index contributed by atoms with van der Waals surface area (Å²) in [7, 11) is 1.48. The summed E-state index contributed by atoms with van der Waals surface area (Å²) in [5.41, 5.74) is 0.816. The second-order valence-electron chi connectivity index (χ2n) is 2.39. The normalized spacial score (nSPS) is 9.85. The van der Waals surface area contributed by atoms with Crippen molar-refractivity contribution in [3.05, 3.63) is 29.8 Å². The van der Waals surface area contributed by atoms with Gasteiger partial charge in [-0.25, -0.2) is 0 Å². The molecule has 66 valence electrons. The fraction of sp³-hybridized carbons (Fsp3) is 0.100. The number of allylic oxidation sites excluding steroid dienone is 1. The Hall–Kier alpha value is -1.95. The van der Waals surface area contributed by atoms with Crippen molar-refractivity contribution in [1.82, 2.24) is 0 Å². The molecule has 1 rings (SSSR count). The third-order valence-electron chi connectivity index (χ3n) is 1.55. The van der Waals surface area contributed by atoms with Crippen molar-refractivity contribution in [3.63, 3.8) is 0 Å². The van der Waals surface area contributed by atoms with Crippen molar-refractivity contribution in [3.8, 4) is 17.6 Å². The lowest BCUT2D eigenvalue weighted by Crippen LogP contribution is -1.83. The largest absolute Gasteiger partial charge is 0.504 e. The van der Waals surface area contributed by atoms with Gasteiger partial charge in [0.1, 0.15) is 0 Å².